The van der Waals surface area contributed by atoms with Crippen LogP contribution in [-0.2, 0) is 6.54 Å². The maximum atomic E-state index is 12.6. The molecule has 2 aromatic carbocycles. The first-order valence-corrected chi connectivity index (χ1v) is 11.1. The summed E-state index contributed by atoms with van der Waals surface area (Å²) in [4.78, 5) is 23.8. The van der Waals surface area contributed by atoms with Crippen molar-refractivity contribution >= 4 is 17.1 Å². The number of amides is 1. The maximum Gasteiger partial charge on any atom is 0.251 e. The van der Waals surface area contributed by atoms with Crippen molar-refractivity contribution in [1.82, 2.24) is 24.8 Å². The maximum absolute atomic E-state index is 12.6. The molecule has 0 aliphatic rings. The number of pyridine rings is 1. The van der Waals surface area contributed by atoms with Gasteiger partial charge in [0.15, 0.2) is 5.65 Å². The fourth-order valence-corrected chi connectivity index (χ4v) is 3.74. The number of imidazole rings is 1. The fraction of sp³-hybridized carbons (Fsp3) is 0.269. The van der Waals surface area contributed by atoms with Crippen molar-refractivity contribution in [1.29, 1.82) is 0 Å². The molecule has 4 aromatic rings. The molecule has 0 aliphatic heterocycles. The Labute approximate surface area is 188 Å². The molecule has 1 N–H and O–H groups in total. The lowest BCUT2D eigenvalue weighted by atomic mass is 10.1. The number of carbonyl (C=O) groups is 1. The van der Waals surface area contributed by atoms with Crippen molar-refractivity contribution in [2.45, 2.75) is 32.9 Å². The Morgan fingerprint density at radius 3 is 2.53 bits per heavy atom. The van der Waals surface area contributed by atoms with Crippen LogP contribution in [0.4, 0.5) is 0 Å². The Kier molecular flexibility index (Phi) is 6.92. The van der Waals surface area contributed by atoms with E-state index in [9.17, 15) is 4.79 Å². The van der Waals surface area contributed by atoms with Gasteiger partial charge in [-0.15, -0.1) is 0 Å². The molecule has 1 amide bonds. The van der Waals surface area contributed by atoms with Crippen molar-refractivity contribution in [3.63, 3.8) is 0 Å². The molecule has 0 atom stereocenters. The summed E-state index contributed by atoms with van der Waals surface area (Å²) in [5.74, 6) is -0.0516. The minimum Gasteiger partial charge on any atom is -0.352 e. The molecule has 0 spiro atoms. The van der Waals surface area contributed by atoms with Crippen LogP contribution in [0, 0.1) is 0 Å². The van der Waals surface area contributed by atoms with E-state index in [0.29, 0.717) is 18.2 Å². The van der Waals surface area contributed by atoms with Crippen molar-refractivity contribution < 1.29 is 4.79 Å². The van der Waals surface area contributed by atoms with E-state index in [-0.39, 0.29) is 5.91 Å². The lowest BCUT2D eigenvalue weighted by Gasteiger charge is -2.26. The minimum atomic E-state index is -0.0516. The molecule has 0 bridgehead atoms. The van der Waals surface area contributed by atoms with Gasteiger partial charge in [-0.2, -0.15) is 0 Å². The third-order valence-electron chi connectivity index (χ3n) is 5.58. The van der Waals surface area contributed by atoms with Gasteiger partial charge in [0.05, 0.1) is 0 Å². The Balaban J connectivity index is 1.29. The Morgan fingerprint density at radius 2 is 1.78 bits per heavy atom. The van der Waals surface area contributed by atoms with Gasteiger partial charge in [-0.3, -0.25) is 14.3 Å². The van der Waals surface area contributed by atoms with Crippen LogP contribution in [0.25, 0.3) is 16.9 Å². The molecular weight excluding hydrogens is 398 g/mol. The normalized spacial score (nSPS) is 11.4. The number of rotatable bonds is 9. The van der Waals surface area contributed by atoms with Gasteiger partial charge in [0, 0.05) is 43.1 Å². The fourth-order valence-electron chi connectivity index (χ4n) is 3.74. The molecule has 6 nitrogen and oxygen atoms in total. The first kappa shape index (κ1) is 21.7. The monoisotopic (exact) mass is 427 g/mol. The van der Waals surface area contributed by atoms with Gasteiger partial charge >= 0.3 is 0 Å². The zero-order valence-electron chi connectivity index (χ0n) is 18.6. The molecule has 164 valence electrons. The van der Waals surface area contributed by atoms with Crippen LogP contribution >= 0.6 is 0 Å². The number of carbonyl (C=O) groups excluding carboxylic acids is 1. The second kappa shape index (κ2) is 10.2. The molecule has 0 fully saturated rings. The third kappa shape index (κ3) is 5.21. The summed E-state index contributed by atoms with van der Waals surface area (Å²) in [6.07, 6.45) is 4.41. The zero-order valence-corrected chi connectivity index (χ0v) is 18.6. The standard InChI is InChI=1S/C26H29N5O/c1-20(2)30(18-21-8-4-3-5-9-21)17-7-16-28-26(32)22-11-13-23(14-12-22)31-19-29-24-10-6-15-27-25(24)31/h3-6,8-15,19-20H,7,16-18H2,1-2H3,(H,28,32). The lowest BCUT2D eigenvalue weighted by Crippen LogP contribution is -2.34. The smallest absolute Gasteiger partial charge is 0.251 e. The SMILES string of the molecule is CC(C)N(CCCNC(=O)c1ccc(-n2cnc3cccnc32)cc1)Cc1ccccc1. The molecule has 2 heterocycles. The van der Waals surface area contributed by atoms with E-state index in [1.165, 1.54) is 5.56 Å². The van der Waals surface area contributed by atoms with Crippen LogP contribution in [0.2, 0.25) is 0 Å². The van der Waals surface area contributed by atoms with E-state index in [1.807, 2.05) is 47.0 Å². The topological polar surface area (TPSA) is 63.1 Å². The average molecular weight is 428 g/mol. The summed E-state index contributed by atoms with van der Waals surface area (Å²) in [5.41, 5.74) is 4.53. The molecule has 0 aliphatic carbocycles. The molecule has 6 heteroatoms. The van der Waals surface area contributed by atoms with Crippen LogP contribution in [0.3, 0.4) is 0 Å². The molecule has 0 saturated heterocycles. The van der Waals surface area contributed by atoms with Crippen molar-refractivity contribution in [3.8, 4) is 5.69 Å². The molecule has 0 saturated carbocycles. The summed E-state index contributed by atoms with van der Waals surface area (Å²) >= 11 is 0. The quantitative estimate of drug-likeness (QED) is 0.401. The second-order valence-corrected chi connectivity index (χ2v) is 8.17. The highest BCUT2D eigenvalue weighted by Gasteiger charge is 2.11. The second-order valence-electron chi connectivity index (χ2n) is 8.17. The molecule has 0 unspecified atom stereocenters. The van der Waals surface area contributed by atoms with Crippen LogP contribution in [0.15, 0.2) is 79.3 Å². The minimum absolute atomic E-state index is 0.0516. The van der Waals surface area contributed by atoms with Crippen LogP contribution < -0.4 is 5.32 Å². The van der Waals surface area contributed by atoms with Crippen molar-refractivity contribution in [2.24, 2.45) is 0 Å². The lowest BCUT2D eigenvalue weighted by molar-refractivity contribution is 0.0950. The van der Waals surface area contributed by atoms with E-state index >= 15 is 0 Å². The van der Waals surface area contributed by atoms with Gasteiger partial charge in [0.25, 0.3) is 5.91 Å². The first-order valence-electron chi connectivity index (χ1n) is 11.1. The Bertz CT molecular complexity index is 1150. The van der Waals surface area contributed by atoms with Gasteiger partial charge in [-0.25, -0.2) is 9.97 Å². The molecule has 32 heavy (non-hydrogen) atoms. The van der Waals surface area contributed by atoms with Gasteiger partial charge < -0.3 is 5.32 Å². The number of aromatic nitrogens is 3. The van der Waals surface area contributed by atoms with Crippen LogP contribution in [0.5, 0.6) is 0 Å². The van der Waals surface area contributed by atoms with E-state index in [0.717, 1.165) is 36.4 Å². The van der Waals surface area contributed by atoms with E-state index < -0.39 is 0 Å². The highest BCUT2D eigenvalue weighted by molar-refractivity contribution is 5.94. The predicted octanol–water partition coefficient (Wildman–Crippen LogP) is 4.45. The molecular formula is C26H29N5O. The van der Waals surface area contributed by atoms with Crippen molar-refractivity contribution in [2.75, 3.05) is 13.1 Å². The third-order valence-corrected chi connectivity index (χ3v) is 5.58. The number of fused-ring (bicyclic) bond motifs is 1. The molecule has 4 rings (SSSR count). The largest absolute Gasteiger partial charge is 0.352 e. The van der Waals surface area contributed by atoms with Gasteiger partial charge in [0.1, 0.15) is 11.8 Å². The average Bonchev–Trinajstić information content (AvgIpc) is 3.26. The van der Waals surface area contributed by atoms with Gasteiger partial charge in [-0.05, 0) is 62.2 Å². The van der Waals surface area contributed by atoms with Gasteiger partial charge in [-0.1, -0.05) is 30.3 Å². The number of nitrogens with zero attached hydrogens (tertiary/aromatic N) is 4. The highest BCUT2D eigenvalue weighted by atomic mass is 16.1. The van der Waals surface area contributed by atoms with Crippen LogP contribution in [0.1, 0.15) is 36.2 Å². The Hall–Kier alpha value is -3.51. The highest BCUT2D eigenvalue weighted by Crippen LogP contribution is 2.16. The summed E-state index contributed by atoms with van der Waals surface area (Å²) in [5, 5.41) is 3.04. The molecule has 0 radical (unpaired) electrons. The summed E-state index contributed by atoms with van der Waals surface area (Å²) in [6.45, 7) is 6.93. The predicted molar refractivity (Wildman–Crippen MR) is 128 cm³/mol. The zero-order chi connectivity index (χ0) is 22.3. The Morgan fingerprint density at radius 1 is 1.00 bits per heavy atom. The summed E-state index contributed by atoms with van der Waals surface area (Å²) in [6, 6.07) is 22.3. The number of benzene rings is 2. The summed E-state index contributed by atoms with van der Waals surface area (Å²) < 4.78 is 1.92. The van der Waals surface area contributed by atoms with Gasteiger partial charge in [0.2, 0.25) is 0 Å². The molecule has 2 aromatic heterocycles. The van der Waals surface area contributed by atoms with E-state index in [1.54, 1.807) is 12.5 Å². The number of nitrogens with one attached hydrogen (secondary N) is 1. The first-order chi connectivity index (χ1) is 15.6. The van der Waals surface area contributed by atoms with Crippen LogP contribution in [-0.4, -0.2) is 44.5 Å². The summed E-state index contributed by atoms with van der Waals surface area (Å²) in [7, 11) is 0. The number of hydrogen-bond acceptors (Lipinski definition) is 4. The number of hydrogen-bond donors (Lipinski definition) is 1. The van der Waals surface area contributed by atoms with Crippen molar-refractivity contribution in [3.05, 3.63) is 90.4 Å². The van der Waals surface area contributed by atoms with E-state index in [4.69, 9.17) is 0 Å². The van der Waals surface area contributed by atoms with E-state index in [2.05, 4.69) is 58.3 Å².